The average Bonchev–Trinajstić information content (AvgIpc) is 3.28. The number of anilines is 3. The van der Waals surface area contributed by atoms with E-state index in [0.29, 0.717) is 11.6 Å². The first-order valence-electron chi connectivity index (χ1n) is 12.9. The third-order valence-electron chi connectivity index (χ3n) is 7.74. The first kappa shape index (κ1) is 22.5. The smallest absolute Gasteiger partial charge is 0.230 e. The molecule has 2 aromatic carbocycles. The zero-order valence-corrected chi connectivity index (χ0v) is 20.8. The van der Waals surface area contributed by atoms with Gasteiger partial charge in [0.05, 0.1) is 11.4 Å². The number of aromatic amines is 1. The van der Waals surface area contributed by atoms with Crippen molar-refractivity contribution in [2.75, 3.05) is 47.4 Å². The van der Waals surface area contributed by atoms with E-state index >= 15 is 0 Å². The van der Waals surface area contributed by atoms with E-state index in [0.717, 1.165) is 74.0 Å². The monoisotopic (exact) mass is 489 g/mol. The first-order chi connectivity index (χ1) is 17.2. The van der Waals surface area contributed by atoms with Crippen molar-refractivity contribution < 1.29 is 4.79 Å². The molecular weight excluding hydrogens is 458 g/mol. The highest BCUT2D eigenvalue weighted by Gasteiger charge is 2.33. The van der Waals surface area contributed by atoms with Gasteiger partial charge in [-0.25, -0.2) is 4.98 Å². The molecule has 3 aromatic rings. The molecule has 0 unspecified atom stereocenters. The number of hydrogen-bond acceptors (Lipinski definition) is 4. The Kier molecular flexibility index (Phi) is 6.15. The third-order valence-corrected chi connectivity index (χ3v) is 7.98. The van der Waals surface area contributed by atoms with E-state index in [-0.39, 0.29) is 11.8 Å². The Morgan fingerprint density at radius 1 is 0.914 bits per heavy atom. The number of aromatic nitrogens is 2. The van der Waals surface area contributed by atoms with Crippen LogP contribution < -0.4 is 14.7 Å². The predicted molar refractivity (Wildman–Crippen MR) is 143 cm³/mol. The summed E-state index contributed by atoms with van der Waals surface area (Å²) in [4.78, 5) is 29.2. The fourth-order valence-corrected chi connectivity index (χ4v) is 5.98. The number of H-pyrrole nitrogens is 1. The zero-order valence-electron chi connectivity index (χ0n) is 20.0. The third kappa shape index (κ3) is 4.40. The molecule has 2 saturated heterocycles. The summed E-state index contributed by atoms with van der Waals surface area (Å²) in [6.45, 7) is 4.55. The summed E-state index contributed by atoms with van der Waals surface area (Å²) in [7, 11) is 0. The van der Waals surface area contributed by atoms with Crippen LogP contribution in [0.15, 0.2) is 48.5 Å². The Morgan fingerprint density at radius 2 is 1.69 bits per heavy atom. The van der Waals surface area contributed by atoms with Gasteiger partial charge in [0.2, 0.25) is 11.9 Å². The summed E-state index contributed by atoms with van der Waals surface area (Å²) in [6, 6.07) is 16.4. The molecule has 0 atom stereocenters. The fourth-order valence-electron chi connectivity index (χ4n) is 5.80. The van der Waals surface area contributed by atoms with E-state index < -0.39 is 0 Å². The number of halogens is 1. The van der Waals surface area contributed by atoms with Crippen molar-refractivity contribution >= 4 is 34.8 Å². The van der Waals surface area contributed by atoms with Gasteiger partial charge in [-0.2, -0.15) is 0 Å². The second-order valence-corrected chi connectivity index (χ2v) is 10.4. The summed E-state index contributed by atoms with van der Waals surface area (Å²) < 4.78 is 0. The number of piperidine rings is 2. The lowest BCUT2D eigenvalue weighted by Crippen LogP contribution is -2.43. The second kappa shape index (κ2) is 9.57. The summed E-state index contributed by atoms with van der Waals surface area (Å²) in [6.07, 6.45) is 6.21. The highest BCUT2D eigenvalue weighted by Crippen LogP contribution is 2.39. The minimum Gasteiger partial charge on any atom is -0.371 e. The van der Waals surface area contributed by atoms with E-state index in [1.807, 2.05) is 29.2 Å². The van der Waals surface area contributed by atoms with E-state index in [9.17, 15) is 4.79 Å². The summed E-state index contributed by atoms with van der Waals surface area (Å²) in [5.41, 5.74) is 5.17. The first-order valence-corrected chi connectivity index (χ1v) is 13.3. The molecular formula is C28H32ClN5O. The Bertz CT molecular complexity index is 1200. The van der Waals surface area contributed by atoms with Gasteiger partial charge in [-0.15, -0.1) is 0 Å². The van der Waals surface area contributed by atoms with Crippen LogP contribution in [-0.2, 0) is 11.2 Å². The number of nitrogens with zero attached hydrogens (tertiary/aromatic N) is 4. The lowest BCUT2D eigenvalue weighted by Gasteiger charge is -2.35. The molecule has 35 heavy (non-hydrogen) atoms. The van der Waals surface area contributed by atoms with Gasteiger partial charge in [-0.1, -0.05) is 29.8 Å². The number of imidazole rings is 1. The molecule has 6 rings (SSSR count). The van der Waals surface area contributed by atoms with E-state index in [4.69, 9.17) is 16.6 Å². The summed E-state index contributed by atoms with van der Waals surface area (Å²) in [5, 5.41) is 0.669. The van der Waals surface area contributed by atoms with Crippen molar-refractivity contribution in [2.45, 2.75) is 38.5 Å². The number of nitrogens with one attached hydrogen (secondary N) is 1. The Hall–Kier alpha value is -2.99. The molecule has 7 heteroatoms. The molecule has 0 saturated carbocycles. The predicted octanol–water partition coefficient (Wildman–Crippen LogP) is 5.53. The maximum atomic E-state index is 13.8. The number of para-hydroxylation sites is 1. The zero-order chi connectivity index (χ0) is 23.8. The number of benzene rings is 2. The van der Waals surface area contributed by atoms with Crippen LogP contribution in [0.5, 0.6) is 0 Å². The number of rotatable bonds is 3. The van der Waals surface area contributed by atoms with Gasteiger partial charge in [0, 0.05) is 67.0 Å². The number of amides is 1. The quantitative estimate of drug-likeness (QED) is 0.526. The molecule has 3 aliphatic heterocycles. The van der Waals surface area contributed by atoms with Crippen LogP contribution in [0.1, 0.15) is 37.8 Å². The normalized spacial score (nSPS) is 18.7. The van der Waals surface area contributed by atoms with Crippen molar-refractivity contribution in [3.8, 4) is 11.3 Å². The van der Waals surface area contributed by atoms with Crippen molar-refractivity contribution in [1.82, 2.24) is 9.97 Å². The van der Waals surface area contributed by atoms with Crippen LogP contribution in [0.25, 0.3) is 11.3 Å². The second-order valence-electron chi connectivity index (χ2n) is 9.93. The molecule has 0 radical (unpaired) electrons. The molecule has 4 heterocycles. The number of carbonyl (C=O) groups excluding carboxylic acids is 1. The molecule has 1 aromatic heterocycles. The molecule has 0 bridgehead atoms. The van der Waals surface area contributed by atoms with Crippen LogP contribution in [0.4, 0.5) is 17.3 Å². The van der Waals surface area contributed by atoms with Crippen LogP contribution in [-0.4, -0.2) is 48.6 Å². The lowest BCUT2D eigenvalue weighted by atomic mass is 9.94. The van der Waals surface area contributed by atoms with Gasteiger partial charge in [-0.05, 0) is 62.4 Å². The molecule has 0 spiro atoms. The minimum atomic E-state index is 0.0341. The Balaban J connectivity index is 1.25. The Morgan fingerprint density at radius 3 is 2.46 bits per heavy atom. The van der Waals surface area contributed by atoms with Crippen molar-refractivity contribution in [2.24, 2.45) is 5.92 Å². The van der Waals surface area contributed by atoms with Crippen LogP contribution >= 0.6 is 11.6 Å². The van der Waals surface area contributed by atoms with Crippen LogP contribution in [0, 0.1) is 5.92 Å². The van der Waals surface area contributed by atoms with Crippen LogP contribution in [0.3, 0.4) is 0 Å². The van der Waals surface area contributed by atoms with E-state index in [2.05, 4.69) is 39.0 Å². The number of hydrogen-bond donors (Lipinski definition) is 1. The summed E-state index contributed by atoms with van der Waals surface area (Å²) in [5.74, 6) is 1.21. The van der Waals surface area contributed by atoms with Crippen LogP contribution in [0.2, 0.25) is 5.02 Å². The maximum absolute atomic E-state index is 13.8. The number of fused-ring (bicyclic) bond motifs is 3. The SMILES string of the molecule is O=C(C1CCN(c2ccccc2)CC1)N1CCc2[nH]c(N3CCCCC3)nc2-c2cc(Cl)ccc21. The van der Waals surface area contributed by atoms with E-state index in [1.165, 1.54) is 24.9 Å². The Labute approximate surface area is 211 Å². The maximum Gasteiger partial charge on any atom is 0.230 e. The van der Waals surface area contributed by atoms with Crippen molar-refractivity contribution in [3.63, 3.8) is 0 Å². The van der Waals surface area contributed by atoms with E-state index in [1.54, 1.807) is 0 Å². The molecule has 2 fully saturated rings. The topological polar surface area (TPSA) is 55.5 Å². The van der Waals surface area contributed by atoms with Crippen molar-refractivity contribution in [3.05, 3.63) is 59.2 Å². The molecule has 3 aliphatic rings. The molecule has 6 nitrogen and oxygen atoms in total. The van der Waals surface area contributed by atoms with Gasteiger partial charge >= 0.3 is 0 Å². The largest absolute Gasteiger partial charge is 0.371 e. The standard InChI is InChI=1S/C28H32ClN5O/c29-21-9-10-25-23(19-21)26-24(30-28(31-26)33-14-5-2-6-15-33)13-18-34(25)27(35)20-11-16-32(17-12-20)22-7-3-1-4-8-22/h1,3-4,7-10,19-20H,2,5-6,11-18H2,(H,30,31). The fraction of sp³-hybridized carbons (Fsp3) is 0.429. The number of carbonyl (C=O) groups is 1. The molecule has 182 valence electrons. The average molecular weight is 490 g/mol. The molecule has 1 N–H and O–H groups in total. The molecule has 1 amide bonds. The highest BCUT2D eigenvalue weighted by molar-refractivity contribution is 6.31. The minimum absolute atomic E-state index is 0.0341. The van der Waals surface area contributed by atoms with Gasteiger partial charge in [0.1, 0.15) is 0 Å². The van der Waals surface area contributed by atoms with Gasteiger partial charge < -0.3 is 19.7 Å². The van der Waals surface area contributed by atoms with Gasteiger partial charge in [-0.3, -0.25) is 4.79 Å². The lowest BCUT2D eigenvalue weighted by molar-refractivity contribution is -0.123. The van der Waals surface area contributed by atoms with Crippen molar-refractivity contribution in [1.29, 1.82) is 0 Å². The van der Waals surface area contributed by atoms with Gasteiger partial charge in [0.25, 0.3) is 0 Å². The van der Waals surface area contributed by atoms with Gasteiger partial charge in [0.15, 0.2) is 0 Å². The molecule has 0 aliphatic carbocycles. The highest BCUT2D eigenvalue weighted by atomic mass is 35.5. The summed E-state index contributed by atoms with van der Waals surface area (Å²) >= 11 is 6.44.